The largest absolute Gasteiger partial charge is 0.197 e. The second-order valence-corrected chi connectivity index (χ2v) is 7.52. The molecule has 6 heteroatoms. The van der Waals surface area contributed by atoms with E-state index in [2.05, 4.69) is 16.3 Å². The summed E-state index contributed by atoms with van der Waals surface area (Å²) in [7, 11) is 0. The Morgan fingerprint density at radius 3 is 2.59 bits per heavy atom. The Hall–Kier alpha value is -0.250. The van der Waals surface area contributed by atoms with E-state index in [4.69, 9.17) is 0 Å². The van der Waals surface area contributed by atoms with Gasteiger partial charge in [0.2, 0.25) is 0 Å². The van der Waals surface area contributed by atoms with Crippen LogP contribution in [0.3, 0.4) is 0 Å². The summed E-state index contributed by atoms with van der Waals surface area (Å²) in [5.41, 5.74) is 0. The maximum Gasteiger partial charge on any atom is 0.176 e. The highest BCUT2D eigenvalue weighted by atomic mass is 32.2. The third-order valence-corrected chi connectivity index (χ3v) is 6.26. The first-order valence-corrected chi connectivity index (χ1v) is 8.69. The lowest BCUT2D eigenvalue weighted by Gasteiger charge is -2.24. The molecule has 1 aromatic rings. The van der Waals surface area contributed by atoms with Gasteiger partial charge in [-0.25, -0.2) is 0 Å². The first-order valence-electron chi connectivity index (χ1n) is 5.77. The normalized spacial score (nSPS) is 18.8. The van der Waals surface area contributed by atoms with Crippen LogP contribution in [0.4, 0.5) is 0 Å². The van der Waals surface area contributed by atoms with Crippen LogP contribution in [0.2, 0.25) is 0 Å². The van der Waals surface area contributed by atoms with Gasteiger partial charge in [-0.05, 0) is 25.0 Å². The molecule has 1 fully saturated rings. The van der Waals surface area contributed by atoms with Crippen molar-refractivity contribution in [1.82, 2.24) is 10.2 Å². The molecule has 1 aliphatic rings. The van der Waals surface area contributed by atoms with Crippen LogP contribution in [-0.2, 0) is 0 Å². The predicted octanol–water partition coefficient (Wildman–Crippen LogP) is 3.82. The Bertz CT molecular complexity index is 393. The maximum atomic E-state index is 9.28. The smallest absolute Gasteiger partial charge is 0.176 e. The number of hydrogen-bond donors (Lipinski definition) is 0. The van der Waals surface area contributed by atoms with Gasteiger partial charge in [-0.2, -0.15) is 5.26 Å². The van der Waals surface area contributed by atoms with Gasteiger partial charge < -0.3 is 0 Å². The zero-order valence-corrected chi connectivity index (χ0v) is 12.2. The minimum Gasteiger partial charge on any atom is -0.197 e. The van der Waals surface area contributed by atoms with Gasteiger partial charge in [0.05, 0.1) is 6.07 Å². The van der Waals surface area contributed by atoms with Gasteiger partial charge >= 0.3 is 0 Å². The molecule has 0 radical (unpaired) electrons. The van der Waals surface area contributed by atoms with Gasteiger partial charge in [0, 0.05) is 0 Å². The summed E-state index contributed by atoms with van der Waals surface area (Å²) in [5, 5.41) is 17.5. The van der Waals surface area contributed by atoms with Gasteiger partial charge in [0.25, 0.3) is 0 Å². The first-order chi connectivity index (χ1) is 8.33. The first kappa shape index (κ1) is 13.2. The highest BCUT2D eigenvalue weighted by molar-refractivity contribution is 8.03. The van der Waals surface area contributed by atoms with E-state index in [0.717, 1.165) is 8.68 Å². The summed E-state index contributed by atoms with van der Waals surface area (Å²) in [6, 6.07) is 2.44. The van der Waals surface area contributed by atoms with E-state index in [1.165, 1.54) is 32.1 Å². The summed E-state index contributed by atoms with van der Waals surface area (Å²) in [6.45, 7) is 0. The van der Waals surface area contributed by atoms with Crippen molar-refractivity contribution >= 4 is 34.9 Å². The Kier molecular flexibility index (Phi) is 5.14. The van der Waals surface area contributed by atoms with Crippen molar-refractivity contribution in [2.24, 2.45) is 5.92 Å². The zero-order chi connectivity index (χ0) is 12.1. The standard InChI is InChI=1S/C11H15N3S3/c1-15-10-13-14-11(17-10)16-9(7-12)8-5-3-2-4-6-8/h8-9H,2-6H2,1H3/t9-/m0/s1. The molecule has 1 atom stereocenters. The average Bonchev–Trinajstić information content (AvgIpc) is 2.84. The van der Waals surface area contributed by atoms with E-state index < -0.39 is 0 Å². The van der Waals surface area contributed by atoms with E-state index in [1.54, 1.807) is 34.9 Å². The molecular formula is C11H15N3S3. The molecule has 2 rings (SSSR count). The molecule has 0 bridgehead atoms. The predicted molar refractivity (Wildman–Crippen MR) is 73.5 cm³/mol. The minimum atomic E-state index is 0.0537. The Balaban J connectivity index is 1.96. The quantitative estimate of drug-likeness (QED) is 0.787. The molecular weight excluding hydrogens is 270 g/mol. The molecule has 0 unspecified atom stereocenters. The van der Waals surface area contributed by atoms with Crippen molar-refractivity contribution < 1.29 is 0 Å². The lowest BCUT2D eigenvalue weighted by atomic mass is 9.87. The minimum absolute atomic E-state index is 0.0537. The van der Waals surface area contributed by atoms with Gasteiger partial charge in [0.1, 0.15) is 5.25 Å². The van der Waals surface area contributed by atoms with E-state index in [-0.39, 0.29) is 5.25 Å². The van der Waals surface area contributed by atoms with Crippen molar-refractivity contribution in [3.63, 3.8) is 0 Å². The van der Waals surface area contributed by atoms with Crippen LogP contribution in [0.25, 0.3) is 0 Å². The van der Waals surface area contributed by atoms with Gasteiger partial charge in [-0.3, -0.25) is 0 Å². The Morgan fingerprint density at radius 2 is 2.00 bits per heavy atom. The van der Waals surface area contributed by atoms with Crippen molar-refractivity contribution in [3.05, 3.63) is 0 Å². The molecule has 1 aliphatic carbocycles. The van der Waals surface area contributed by atoms with E-state index in [9.17, 15) is 5.26 Å². The van der Waals surface area contributed by atoms with Crippen LogP contribution in [0.1, 0.15) is 32.1 Å². The number of nitrogens with zero attached hydrogens (tertiary/aromatic N) is 3. The molecule has 0 spiro atoms. The monoisotopic (exact) mass is 285 g/mol. The number of rotatable bonds is 4. The summed E-state index contributed by atoms with van der Waals surface area (Å²) in [4.78, 5) is 0. The molecule has 1 aromatic heterocycles. The molecule has 17 heavy (non-hydrogen) atoms. The van der Waals surface area contributed by atoms with Crippen molar-refractivity contribution in [2.75, 3.05) is 6.26 Å². The highest BCUT2D eigenvalue weighted by Gasteiger charge is 2.25. The Morgan fingerprint density at radius 1 is 1.29 bits per heavy atom. The van der Waals surface area contributed by atoms with Crippen LogP contribution in [-0.4, -0.2) is 21.7 Å². The number of hydrogen-bond acceptors (Lipinski definition) is 6. The maximum absolute atomic E-state index is 9.28. The van der Waals surface area contributed by atoms with Crippen LogP contribution in [0.15, 0.2) is 8.68 Å². The van der Waals surface area contributed by atoms with Crippen LogP contribution >= 0.6 is 34.9 Å². The van der Waals surface area contributed by atoms with Gasteiger partial charge in [0.15, 0.2) is 8.68 Å². The molecule has 0 aliphatic heterocycles. The third-order valence-electron chi connectivity index (χ3n) is 3.00. The molecule has 1 saturated carbocycles. The third kappa shape index (κ3) is 3.60. The molecule has 3 nitrogen and oxygen atoms in total. The fourth-order valence-corrected chi connectivity index (χ4v) is 4.83. The van der Waals surface area contributed by atoms with Gasteiger partial charge in [-0.1, -0.05) is 54.1 Å². The summed E-state index contributed by atoms with van der Waals surface area (Å²) in [6.07, 6.45) is 8.26. The molecule has 0 amide bonds. The molecule has 0 aromatic carbocycles. The average molecular weight is 285 g/mol. The Labute approximate surface area is 114 Å². The molecule has 1 heterocycles. The summed E-state index contributed by atoms with van der Waals surface area (Å²) >= 11 is 4.80. The van der Waals surface area contributed by atoms with Crippen molar-refractivity contribution in [3.8, 4) is 6.07 Å². The van der Waals surface area contributed by atoms with E-state index >= 15 is 0 Å². The van der Waals surface area contributed by atoms with Crippen LogP contribution in [0.5, 0.6) is 0 Å². The number of thioether (sulfide) groups is 2. The summed E-state index contributed by atoms with van der Waals surface area (Å²) < 4.78 is 1.92. The number of nitriles is 1. The SMILES string of the molecule is CSc1nnc(S[C@@H](C#N)C2CCCCC2)s1. The molecule has 92 valence electrons. The van der Waals surface area contributed by atoms with Crippen LogP contribution < -0.4 is 0 Å². The lowest BCUT2D eigenvalue weighted by molar-refractivity contribution is 0.370. The van der Waals surface area contributed by atoms with Crippen molar-refractivity contribution in [1.29, 1.82) is 5.26 Å². The molecule has 0 saturated heterocycles. The fourth-order valence-electron chi connectivity index (χ4n) is 2.10. The topological polar surface area (TPSA) is 49.6 Å². The van der Waals surface area contributed by atoms with Crippen LogP contribution in [0, 0.1) is 17.2 Å². The van der Waals surface area contributed by atoms with Gasteiger partial charge in [-0.15, -0.1) is 10.2 Å². The number of aromatic nitrogens is 2. The molecule has 0 N–H and O–H groups in total. The fraction of sp³-hybridized carbons (Fsp3) is 0.727. The lowest BCUT2D eigenvalue weighted by Crippen LogP contribution is -2.18. The second-order valence-electron chi connectivity index (χ2n) is 4.10. The summed E-state index contributed by atoms with van der Waals surface area (Å²) in [5.74, 6) is 0.542. The van der Waals surface area contributed by atoms with E-state index in [0.29, 0.717) is 5.92 Å². The van der Waals surface area contributed by atoms with E-state index in [1.807, 2.05) is 6.26 Å². The van der Waals surface area contributed by atoms with Crippen molar-refractivity contribution in [2.45, 2.75) is 46.0 Å². The highest BCUT2D eigenvalue weighted by Crippen LogP contribution is 2.37. The second kappa shape index (κ2) is 6.62. The zero-order valence-electron chi connectivity index (χ0n) is 9.76.